The summed E-state index contributed by atoms with van der Waals surface area (Å²) in [6.07, 6.45) is 0. The maximum atomic E-state index is 13.2. The summed E-state index contributed by atoms with van der Waals surface area (Å²) in [5.74, 6) is 0.0422. The van der Waals surface area contributed by atoms with Gasteiger partial charge in [-0.1, -0.05) is 73.3 Å². The molecule has 2 nitrogen and oxygen atoms in total. The van der Waals surface area contributed by atoms with Crippen molar-refractivity contribution in [1.82, 2.24) is 0 Å². The van der Waals surface area contributed by atoms with E-state index in [0.29, 0.717) is 0 Å². The first-order valence-corrected chi connectivity index (χ1v) is 8.04. The first-order valence-electron chi connectivity index (χ1n) is 8.04. The molecule has 24 heavy (non-hydrogen) atoms. The van der Waals surface area contributed by atoms with Crippen LogP contribution in [0.4, 0.5) is 5.69 Å². The fourth-order valence-corrected chi connectivity index (χ4v) is 4.22. The lowest BCUT2D eigenvalue weighted by molar-refractivity contribution is 0.0990. The number of benzene rings is 3. The molecule has 0 spiro atoms. The Morgan fingerprint density at radius 3 is 2.17 bits per heavy atom. The molecule has 0 fully saturated rings. The van der Waals surface area contributed by atoms with Crippen LogP contribution >= 0.6 is 0 Å². The second kappa shape index (κ2) is 4.45. The van der Waals surface area contributed by atoms with Crippen LogP contribution in [0.5, 0.6) is 0 Å². The molecule has 1 atom stereocenters. The number of carbonyl (C=O) groups excluding carboxylic acids is 1. The number of hydrogen-bond acceptors (Lipinski definition) is 1. The summed E-state index contributed by atoms with van der Waals surface area (Å²) in [7, 11) is 0. The smallest absolute Gasteiger partial charge is 0.260 e. The minimum Gasteiger partial charge on any atom is -0.289 e. The van der Waals surface area contributed by atoms with Gasteiger partial charge in [0, 0.05) is 11.1 Å². The van der Waals surface area contributed by atoms with Gasteiger partial charge in [-0.2, -0.15) is 0 Å². The largest absolute Gasteiger partial charge is 0.289 e. The molecule has 0 saturated heterocycles. The van der Waals surface area contributed by atoms with Gasteiger partial charge in [0.2, 0.25) is 0 Å². The molecule has 3 aromatic carbocycles. The molecule has 114 valence electrons. The second-order valence-corrected chi connectivity index (χ2v) is 6.26. The maximum Gasteiger partial charge on any atom is 0.260 e. The highest BCUT2D eigenvalue weighted by molar-refractivity contribution is 6.20. The number of rotatable bonds is 1. The number of anilines is 1. The van der Waals surface area contributed by atoms with Crippen LogP contribution in [0.3, 0.4) is 0 Å². The van der Waals surface area contributed by atoms with Gasteiger partial charge in [-0.3, -0.25) is 9.69 Å². The van der Waals surface area contributed by atoms with Crippen LogP contribution in [0.25, 0.3) is 5.57 Å². The van der Waals surface area contributed by atoms with E-state index in [2.05, 4.69) is 30.8 Å². The third kappa shape index (κ3) is 1.35. The Bertz CT molecular complexity index is 1010. The number of para-hydroxylation sites is 1. The third-order valence-corrected chi connectivity index (χ3v) is 5.18. The first-order chi connectivity index (χ1) is 11.8. The Labute approximate surface area is 140 Å². The molecule has 2 heteroatoms. The molecule has 3 aromatic rings. The fraction of sp³-hybridized carbons (Fsp3) is 0.0455. The van der Waals surface area contributed by atoms with Crippen molar-refractivity contribution < 1.29 is 4.79 Å². The Morgan fingerprint density at radius 2 is 1.38 bits per heavy atom. The monoisotopic (exact) mass is 309 g/mol. The maximum absolute atomic E-state index is 13.2. The van der Waals surface area contributed by atoms with Crippen molar-refractivity contribution >= 4 is 17.2 Å². The van der Waals surface area contributed by atoms with E-state index in [9.17, 15) is 4.79 Å². The lowest BCUT2D eigenvalue weighted by Gasteiger charge is -2.35. The number of amides is 1. The van der Waals surface area contributed by atoms with Crippen LogP contribution in [0, 0.1) is 0 Å². The first kappa shape index (κ1) is 13.3. The van der Waals surface area contributed by atoms with Gasteiger partial charge in [0.1, 0.15) is 5.54 Å². The molecule has 0 N–H and O–H groups in total. The van der Waals surface area contributed by atoms with E-state index in [0.717, 1.165) is 33.5 Å². The van der Waals surface area contributed by atoms with E-state index in [1.54, 1.807) is 0 Å². The second-order valence-electron chi connectivity index (χ2n) is 6.26. The zero-order chi connectivity index (χ0) is 16.3. The molecule has 1 amide bonds. The van der Waals surface area contributed by atoms with Crippen molar-refractivity contribution in [2.75, 3.05) is 4.90 Å². The van der Waals surface area contributed by atoms with Crippen LogP contribution in [-0.4, -0.2) is 5.91 Å². The zero-order valence-electron chi connectivity index (χ0n) is 13.1. The molecule has 0 bridgehead atoms. The van der Waals surface area contributed by atoms with Crippen molar-refractivity contribution in [2.24, 2.45) is 0 Å². The van der Waals surface area contributed by atoms with Gasteiger partial charge in [0.25, 0.3) is 5.91 Å². The van der Waals surface area contributed by atoms with Gasteiger partial charge in [0.05, 0.1) is 5.69 Å². The zero-order valence-corrected chi connectivity index (χ0v) is 13.1. The molecule has 2 aliphatic heterocycles. The molecular weight excluding hydrogens is 294 g/mol. The Balaban J connectivity index is 1.93. The summed E-state index contributed by atoms with van der Waals surface area (Å²) in [5.41, 5.74) is 5.15. The molecule has 0 unspecified atom stereocenters. The molecule has 0 aromatic heterocycles. The van der Waals surface area contributed by atoms with Gasteiger partial charge in [0.15, 0.2) is 0 Å². The summed E-state index contributed by atoms with van der Waals surface area (Å²) in [5, 5.41) is 0. The minimum absolute atomic E-state index is 0.0422. The third-order valence-electron chi connectivity index (χ3n) is 5.18. The standard InChI is InChI=1S/C22H15NO/c1-15-17-11-6-8-14-20(17)23-21(24)18-12-5-7-13-19(18)22(15,23)16-9-3-2-4-10-16/h2-14H,1H2/t22-/m1/s1. The van der Waals surface area contributed by atoms with Crippen LogP contribution < -0.4 is 4.90 Å². The molecule has 0 radical (unpaired) electrons. The van der Waals surface area contributed by atoms with Crippen molar-refractivity contribution in [3.8, 4) is 0 Å². The van der Waals surface area contributed by atoms with Crippen molar-refractivity contribution in [1.29, 1.82) is 0 Å². The van der Waals surface area contributed by atoms with E-state index in [-0.39, 0.29) is 5.91 Å². The van der Waals surface area contributed by atoms with E-state index in [1.165, 1.54) is 0 Å². The minimum atomic E-state index is -0.640. The highest BCUT2D eigenvalue weighted by Gasteiger charge is 2.57. The van der Waals surface area contributed by atoms with Gasteiger partial charge < -0.3 is 0 Å². The highest BCUT2D eigenvalue weighted by Crippen LogP contribution is 2.59. The highest BCUT2D eigenvalue weighted by atomic mass is 16.2. The van der Waals surface area contributed by atoms with Gasteiger partial charge >= 0.3 is 0 Å². The van der Waals surface area contributed by atoms with Crippen LogP contribution in [0.15, 0.2) is 85.4 Å². The van der Waals surface area contributed by atoms with Crippen molar-refractivity contribution in [3.05, 3.63) is 108 Å². The van der Waals surface area contributed by atoms with Crippen LogP contribution in [-0.2, 0) is 5.54 Å². The Kier molecular flexibility index (Phi) is 2.47. The van der Waals surface area contributed by atoms with Crippen LogP contribution in [0.1, 0.15) is 27.0 Å². The van der Waals surface area contributed by atoms with Crippen LogP contribution in [0.2, 0.25) is 0 Å². The predicted molar refractivity (Wildman–Crippen MR) is 95.9 cm³/mol. The Morgan fingerprint density at radius 1 is 0.750 bits per heavy atom. The topological polar surface area (TPSA) is 20.3 Å². The molecule has 0 aliphatic carbocycles. The van der Waals surface area contributed by atoms with Gasteiger partial charge in [-0.15, -0.1) is 0 Å². The van der Waals surface area contributed by atoms with E-state index < -0.39 is 5.54 Å². The summed E-state index contributed by atoms with van der Waals surface area (Å²) >= 11 is 0. The summed E-state index contributed by atoms with van der Waals surface area (Å²) in [6.45, 7) is 4.43. The lowest BCUT2D eigenvalue weighted by atomic mass is 9.77. The Hall–Kier alpha value is -3.13. The van der Waals surface area contributed by atoms with E-state index in [1.807, 2.05) is 59.5 Å². The predicted octanol–water partition coefficient (Wildman–Crippen LogP) is 4.62. The molecule has 2 aliphatic rings. The van der Waals surface area contributed by atoms with Crippen molar-refractivity contribution in [3.63, 3.8) is 0 Å². The normalized spacial score (nSPS) is 20.8. The van der Waals surface area contributed by atoms with Gasteiger partial charge in [-0.25, -0.2) is 0 Å². The summed E-state index contributed by atoms with van der Waals surface area (Å²) < 4.78 is 0. The fourth-order valence-electron chi connectivity index (χ4n) is 4.22. The average molecular weight is 309 g/mol. The number of hydrogen-bond donors (Lipinski definition) is 0. The number of fused-ring (bicyclic) bond motifs is 5. The lowest BCUT2D eigenvalue weighted by Crippen LogP contribution is -2.41. The number of nitrogens with zero attached hydrogens (tertiary/aromatic N) is 1. The summed E-state index contributed by atoms with van der Waals surface area (Å²) in [4.78, 5) is 15.2. The molecular formula is C22H15NO. The SMILES string of the molecule is C=C1c2ccccc2N2C(=O)c3ccccc3[C@]12c1ccccc1. The average Bonchev–Trinajstić information content (AvgIpc) is 3.07. The van der Waals surface area contributed by atoms with Crippen molar-refractivity contribution in [2.45, 2.75) is 5.54 Å². The van der Waals surface area contributed by atoms with Gasteiger partial charge in [-0.05, 0) is 28.8 Å². The van der Waals surface area contributed by atoms with E-state index in [4.69, 9.17) is 0 Å². The molecule has 2 heterocycles. The number of carbonyl (C=O) groups is 1. The molecule has 0 saturated carbocycles. The van der Waals surface area contributed by atoms with E-state index >= 15 is 0 Å². The molecule has 5 rings (SSSR count). The summed E-state index contributed by atoms with van der Waals surface area (Å²) in [6, 6.07) is 26.1. The quantitative estimate of drug-likeness (QED) is 0.642.